The van der Waals surface area contributed by atoms with Gasteiger partial charge in [-0.25, -0.2) is 0 Å². The van der Waals surface area contributed by atoms with Gasteiger partial charge in [-0.2, -0.15) is 18.2 Å². The maximum atomic E-state index is 12.3. The van der Waals surface area contributed by atoms with Gasteiger partial charge in [-0.05, 0) is 31.3 Å². The zero-order chi connectivity index (χ0) is 17.0. The molecule has 0 saturated carbocycles. The van der Waals surface area contributed by atoms with Gasteiger partial charge in [-0.15, -0.1) is 0 Å². The summed E-state index contributed by atoms with van der Waals surface area (Å²) in [6.45, 7) is -0.553. The molecule has 0 bridgehead atoms. The van der Waals surface area contributed by atoms with Crippen molar-refractivity contribution in [2.75, 3.05) is 20.7 Å². The minimum Gasteiger partial charge on any atom is -0.497 e. The summed E-state index contributed by atoms with van der Waals surface area (Å²) in [5, 5.41) is 12.7. The van der Waals surface area contributed by atoms with Crippen LogP contribution in [-0.4, -0.2) is 53.1 Å². The van der Waals surface area contributed by atoms with Crippen LogP contribution in [0.3, 0.4) is 0 Å². The Labute approximate surface area is 130 Å². The molecule has 1 aromatic heterocycles. The molecule has 126 valence electrons. The summed E-state index contributed by atoms with van der Waals surface area (Å²) in [7, 11) is 2.98. The molecule has 0 saturated heterocycles. The SMILES string of the molecule is COc1ccc(-c2nc(CN(C)CC(O)C(F)(F)F)no2)cc1. The number of aromatic nitrogens is 2. The Morgan fingerprint density at radius 2 is 1.96 bits per heavy atom. The molecule has 9 heteroatoms. The molecule has 2 aromatic rings. The number of hydrogen-bond donors (Lipinski definition) is 1. The highest BCUT2D eigenvalue weighted by atomic mass is 19.4. The number of nitrogens with zero attached hydrogens (tertiary/aromatic N) is 3. The smallest absolute Gasteiger partial charge is 0.415 e. The molecule has 1 atom stereocenters. The van der Waals surface area contributed by atoms with Crippen molar-refractivity contribution in [2.45, 2.75) is 18.8 Å². The lowest BCUT2D eigenvalue weighted by Crippen LogP contribution is -2.39. The Kier molecular flexibility index (Phi) is 5.22. The van der Waals surface area contributed by atoms with Gasteiger partial charge in [0.1, 0.15) is 5.75 Å². The molecule has 0 radical (unpaired) electrons. The summed E-state index contributed by atoms with van der Waals surface area (Å²) >= 11 is 0. The summed E-state index contributed by atoms with van der Waals surface area (Å²) in [5.74, 6) is 1.16. The molecule has 1 N–H and O–H groups in total. The fourth-order valence-electron chi connectivity index (χ4n) is 1.87. The fourth-order valence-corrected chi connectivity index (χ4v) is 1.87. The zero-order valence-corrected chi connectivity index (χ0v) is 12.5. The summed E-state index contributed by atoms with van der Waals surface area (Å²) < 4.78 is 47.0. The molecule has 1 heterocycles. The second kappa shape index (κ2) is 6.97. The highest BCUT2D eigenvalue weighted by Gasteiger charge is 2.38. The zero-order valence-electron chi connectivity index (χ0n) is 12.5. The van der Waals surface area contributed by atoms with E-state index in [9.17, 15) is 13.2 Å². The van der Waals surface area contributed by atoms with E-state index < -0.39 is 18.8 Å². The molecule has 0 aliphatic heterocycles. The van der Waals surface area contributed by atoms with Crippen molar-refractivity contribution >= 4 is 0 Å². The highest BCUT2D eigenvalue weighted by molar-refractivity contribution is 5.54. The van der Waals surface area contributed by atoms with E-state index in [1.54, 1.807) is 31.4 Å². The minimum atomic E-state index is -4.65. The number of aliphatic hydroxyl groups is 1. The van der Waals surface area contributed by atoms with Crippen molar-refractivity contribution in [1.29, 1.82) is 0 Å². The number of likely N-dealkylation sites (N-methyl/N-ethyl adjacent to an activating group) is 1. The fraction of sp³-hybridized carbons (Fsp3) is 0.429. The third-order valence-corrected chi connectivity index (χ3v) is 3.08. The van der Waals surface area contributed by atoms with E-state index >= 15 is 0 Å². The lowest BCUT2D eigenvalue weighted by molar-refractivity contribution is -0.207. The molecule has 0 amide bonds. The maximum absolute atomic E-state index is 12.3. The van der Waals surface area contributed by atoms with E-state index in [-0.39, 0.29) is 18.3 Å². The number of hydrogen-bond acceptors (Lipinski definition) is 6. The van der Waals surface area contributed by atoms with Gasteiger partial charge in [-0.1, -0.05) is 5.16 Å². The third-order valence-electron chi connectivity index (χ3n) is 3.08. The number of rotatable bonds is 6. The molecule has 1 unspecified atom stereocenters. The highest BCUT2D eigenvalue weighted by Crippen LogP contribution is 2.22. The molecule has 0 aliphatic rings. The van der Waals surface area contributed by atoms with Crippen molar-refractivity contribution in [2.24, 2.45) is 0 Å². The van der Waals surface area contributed by atoms with E-state index in [0.29, 0.717) is 11.3 Å². The average molecular weight is 331 g/mol. The summed E-state index contributed by atoms with van der Waals surface area (Å²) in [6, 6.07) is 6.91. The van der Waals surface area contributed by atoms with Crippen LogP contribution in [0.5, 0.6) is 5.75 Å². The van der Waals surface area contributed by atoms with Crippen molar-refractivity contribution < 1.29 is 27.5 Å². The molecule has 23 heavy (non-hydrogen) atoms. The minimum absolute atomic E-state index is 0.0206. The van der Waals surface area contributed by atoms with Gasteiger partial charge in [0.25, 0.3) is 5.89 Å². The number of ether oxygens (including phenoxy) is 1. The van der Waals surface area contributed by atoms with E-state index in [0.717, 1.165) is 0 Å². The van der Waals surface area contributed by atoms with Crippen LogP contribution < -0.4 is 4.74 Å². The van der Waals surface area contributed by atoms with E-state index in [4.69, 9.17) is 14.4 Å². The molecular weight excluding hydrogens is 315 g/mol. The normalized spacial score (nSPS) is 13.3. The third kappa shape index (κ3) is 4.67. The molecular formula is C14H16F3N3O3. The first-order chi connectivity index (χ1) is 10.8. The monoisotopic (exact) mass is 331 g/mol. The number of methoxy groups -OCH3 is 1. The van der Waals surface area contributed by atoms with Crippen molar-refractivity contribution in [1.82, 2.24) is 15.0 Å². The first-order valence-corrected chi connectivity index (χ1v) is 6.70. The van der Waals surface area contributed by atoms with Gasteiger partial charge in [0, 0.05) is 12.1 Å². The van der Waals surface area contributed by atoms with E-state index in [1.165, 1.54) is 11.9 Å². The molecule has 0 fully saturated rings. The van der Waals surface area contributed by atoms with E-state index in [2.05, 4.69) is 10.1 Å². The van der Waals surface area contributed by atoms with E-state index in [1.807, 2.05) is 0 Å². The molecule has 6 nitrogen and oxygen atoms in total. The van der Waals surface area contributed by atoms with Crippen LogP contribution in [-0.2, 0) is 6.54 Å². The summed E-state index contributed by atoms with van der Waals surface area (Å²) in [4.78, 5) is 5.39. The number of alkyl halides is 3. The van der Waals surface area contributed by atoms with Crippen molar-refractivity contribution in [3.63, 3.8) is 0 Å². The first kappa shape index (κ1) is 17.2. The Hall–Kier alpha value is -2.13. The van der Waals surface area contributed by atoms with Crippen LogP contribution in [0.25, 0.3) is 11.5 Å². The lowest BCUT2D eigenvalue weighted by atomic mass is 10.2. The molecule has 0 spiro atoms. The Morgan fingerprint density at radius 3 is 2.52 bits per heavy atom. The summed E-state index contributed by atoms with van der Waals surface area (Å²) in [5.41, 5.74) is 0.669. The molecule has 0 aliphatic carbocycles. The largest absolute Gasteiger partial charge is 0.497 e. The number of halogens is 3. The van der Waals surface area contributed by atoms with Crippen molar-refractivity contribution in [3.8, 4) is 17.2 Å². The predicted molar refractivity (Wildman–Crippen MR) is 74.7 cm³/mol. The molecule has 2 rings (SSSR count). The van der Waals surface area contributed by atoms with Gasteiger partial charge in [-0.3, -0.25) is 4.90 Å². The number of aliphatic hydroxyl groups excluding tert-OH is 1. The van der Waals surface area contributed by atoms with Gasteiger partial charge < -0.3 is 14.4 Å². The van der Waals surface area contributed by atoms with Crippen LogP contribution in [0.2, 0.25) is 0 Å². The molecule has 1 aromatic carbocycles. The average Bonchev–Trinajstić information content (AvgIpc) is 2.94. The van der Waals surface area contributed by atoms with Crippen LogP contribution in [0, 0.1) is 0 Å². The topological polar surface area (TPSA) is 71.6 Å². The van der Waals surface area contributed by atoms with Gasteiger partial charge >= 0.3 is 6.18 Å². The van der Waals surface area contributed by atoms with Gasteiger partial charge in [0.05, 0.1) is 13.7 Å². The summed E-state index contributed by atoms with van der Waals surface area (Å²) in [6.07, 6.45) is -7.07. The maximum Gasteiger partial charge on any atom is 0.415 e. The number of benzene rings is 1. The Balaban J connectivity index is 1.98. The Morgan fingerprint density at radius 1 is 1.30 bits per heavy atom. The van der Waals surface area contributed by atoms with Crippen LogP contribution in [0.4, 0.5) is 13.2 Å². The standard InChI is InChI=1S/C14H16F3N3O3/c1-20(7-11(21)14(15,16)17)8-12-18-13(23-19-12)9-3-5-10(22-2)6-4-9/h3-6,11,21H,7-8H2,1-2H3. The second-order valence-electron chi connectivity index (χ2n) is 5.00. The Bertz CT molecular complexity index is 628. The van der Waals surface area contributed by atoms with Gasteiger partial charge in [0.2, 0.25) is 0 Å². The predicted octanol–water partition coefficient (Wildman–Crippen LogP) is 2.10. The lowest BCUT2D eigenvalue weighted by Gasteiger charge is -2.20. The first-order valence-electron chi connectivity index (χ1n) is 6.70. The van der Waals surface area contributed by atoms with Crippen LogP contribution in [0.15, 0.2) is 28.8 Å². The quantitative estimate of drug-likeness (QED) is 0.874. The van der Waals surface area contributed by atoms with Gasteiger partial charge in [0.15, 0.2) is 11.9 Å². The second-order valence-corrected chi connectivity index (χ2v) is 5.00. The van der Waals surface area contributed by atoms with Crippen molar-refractivity contribution in [3.05, 3.63) is 30.1 Å². The van der Waals surface area contributed by atoms with Crippen LogP contribution >= 0.6 is 0 Å². The van der Waals surface area contributed by atoms with Crippen LogP contribution in [0.1, 0.15) is 5.82 Å².